The molecule has 0 aliphatic carbocycles. The molecule has 4 heterocycles. The summed E-state index contributed by atoms with van der Waals surface area (Å²) in [5, 5.41) is 10.1. The summed E-state index contributed by atoms with van der Waals surface area (Å²) < 4.78 is 9.99. The molecule has 0 atom stereocenters. The minimum atomic E-state index is 0.712. The summed E-state index contributed by atoms with van der Waals surface area (Å²) in [6.45, 7) is 0.712. The SMILES string of the molecule is c1ccc(-n2c3ccccc3c3ccc4c5ccccc5n(Cc5cccc(-n6c7ccccc7c7ccc8c9ccccc9n(-c9ccccc9)c8c76)c5)c4c32)cc1. The summed E-state index contributed by atoms with van der Waals surface area (Å²) in [5.74, 6) is 0. The van der Waals surface area contributed by atoms with Crippen LogP contribution in [0, 0.1) is 0 Å². The molecule has 0 fully saturated rings. The highest BCUT2D eigenvalue weighted by molar-refractivity contribution is 6.25. The van der Waals surface area contributed by atoms with Gasteiger partial charge in [-0.2, -0.15) is 0 Å². The zero-order valence-corrected chi connectivity index (χ0v) is 32.1. The summed E-state index contributed by atoms with van der Waals surface area (Å²) in [5.41, 5.74) is 14.5. The fourth-order valence-corrected chi connectivity index (χ4v) is 10.2. The van der Waals surface area contributed by atoms with Crippen LogP contribution in [-0.4, -0.2) is 18.3 Å². The van der Waals surface area contributed by atoms with E-state index in [4.69, 9.17) is 0 Å². The first kappa shape index (κ1) is 32.3. The van der Waals surface area contributed by atoms with Crippen molar-refractivity contribution in [1.82, 2.24) is 18.3 Å². The van der Waals surface area contributed by atoms with Crippen LogP contribution in [0.25, 0.3) is 104 Å². The Bertz CT molecular complexity index is 3800. The molecule has 276 valence electrons. The second kappa shape index (κ2) is 12.3. The van der Waals surface area contributed by atoms with Gasteiger partial charge in [0, 0.05) is 72.2 Å². The van der Waals surface area contributed by atoms with Gasteiger partial charge in [-0.25, -0.2) is 0 Å². The first-order valence-electron chi connectivity index (χ1n) is 20.4. The van der Waals surface area contributed by atoms with Crippen molar-refractivity contribution in [3.8, 4) is 17.1 Å². The molecule has 0 unspecified atom stereocenters. The standard InChI is InChI=1S/C55H36N4/c1-3-17-37(18-4-1)57-49-27-12-8-23-41(49)45-31-30-44-40-22-7-11-26-48(40)56(52(44)53(45)57)35-36-16-15-21-39(34-36)59-51-29-14-10-25-43(51)47-33-32-46-42-24-9-13-28-50(42)58(54(46)55(47)59)38-19-5-2-6-20-38/h1-34H,35H2. The lowest BCUT2D eigenvalue weighted by molar-refractivity contribution is 0.868. The van der Waals surface area contributed by atoms with Crippen molar-refractivity contribution in [1.29, 1.82) is 0 Å². The Morgan fingerprint density at radius 3 is 1.10 bits per heavy atom. The van der Waals surface area contributed by atoms with Crippen molar-refractivity contribution in [2.24, 2.45) is 0 Å². The molecule has 4 aromatic heterocycles. The van der Waals surface area contributed by atoms with Crippen LogP contribution in [0.15, 0.2) is 206 Å². The summed E-state index contributed by atoms with van der Waals surface area (Å²) >= 11 is 0. The van der Waals surface area contributed by atoms with Crippen LogP contribution in [-0.2, 0) is 6.54 Å². The molecule has 4 nitrogen and oxygen atoms in total. The molecule has 0 saturated carbocycles. The zero-order valence-electron chi connectivity index (χ0n) is 32.1. The van der Waals surface area contributed by atoms with Crippen LogP contribution in [0.3, 0.4) is 0 Å². The summed E-state index contributed by atoms with van der Waals surface area (Å²) in [7, 11) is 0. The third-order valence-corrected chi connectivity index (χ3v) is 12.6. The highest BCUT2D eigenvalue weighted by atomic mass is 15.1. The van der Waals surface area contributed by atoms with Gasteiger partial charge < -0.3 is 18.3 Å². The smallest absolute Gasteiger partial charge is 0.0788 e. The van der Waals surface area contributed by atoms with E-state index < -0.39 is 0 Å². The van der Waals surface area contributed by atoms with Crippen molar-refractivity contribution < 1.29 is 0 Å². The number of aromatic nitrogens is 4. The molecule has 59 heavy (non-hydrogen) atoms. The van der Waals surface area contributed by atoms with E-state index in [2.05, 4.69) is 225 Å². The maximum absolute atomic E-state index is 2.56. The Balaban J connectivity index is 1.09. The maximum atomic E-state index is 2.56. The Hall–Kier alpha value is -7.82. The van der Waals surface area contributed by atoms with Gasteiger partial charge in [0.1, 0.15) is 0 Å². The van der Waals surface area contributed by atoms with Crippen LogP contribution in [0.1, 0.15) is 5.56 Å². The van der Waals surface area contributed by atoms with Gasteiger partial charge in [0.2, 0.25) is 0 Å². The third-order valence-electron chi connectivity index (χ3n) is 12.6. The minimum Gasteiger partial charge on any atom is -0.334 e. The number of para-hydroxylation sites is 6. The molecule has 0 aliphatic rings. The molecule has 0 N–H and O–H groups in total. The average Bonchev–Trinajstić information content (AvgIpc) is 4.02. The van der Waals surface area contributed by atoms with Crippen molar-refractivity contribution >= 4 is 87.2 Å². The van der Waals surface area contributed by atoms with E-state index in [-0.39, 0.29) is 0 Å². The van der Waals surface area contributed by atoms with Crippen molar-refractivity contribution in [2.45, 2.75) is 6.54 Å². The molecule has 0 saturated heterocycles. The quantitative estimate of drug-likeness (QED) is 0.167. The lowest BCUT2D eigenvalue weighted by atomic mass is 10.1. The normalized spacial score (nSPS) is 12.1. The number of hydrogen-bond acceptors (Lipinski definition) is 0. The second-order valence-corrected chi connectivity index (χ2v) is 15.7. The first-order valence-corrected chi connectivity index (χ1v) is 20.4. The Kier molecular flexibility index (Phi) is 6.75. The maximum Gasteiger partial charge on any atom is 0.0788 e. The monoisotopic (exact) mass is 752 g/mol. The van der Waals surface area contributed by atoms with Gasteiger partial charge in [-0.15, -0.1) is 0 Å². The first-order chi connectivity index (χ1) is 29.3. The largest absolute Gasteiger partial charge is 0.334 e. The van der Waals surface area contributed by atoms with Crippen LogP contribution >= 0.6 is 0 Å². The van der Waals surface area contributed by atoms with Gasteiger partial charge in [0.05, 0.1) is 38.6 Å². The third kappa shape index (κ3) is 4.54. The highest BCUT2D eigenvalue weighted by Crippen LogP contribution is 2.43. The number of hydrogen-bond donors (Lipinski definition) is 0. The van der Waals surface area contributed by atoms with Gasteiger partial charge in [-0.3, -0.25) is 0 Å². The minimum absolute atomic E-state index is 0.712. The average molecular weight is 753 g/mol. The predicted octanol–water partition coefficient (Wildman–Crippen LogP) is 14.1. The molecular formula is C55H36N4. The van der Waals surface area contributed by atoms with Crippen LogP contribution in [0.4, 0.5) is 0 Å². The molecule has 0 aliphatic heterocycles. The summed E-state index contributed by atoms with van der Waals surface area (Å²) in [6, 6.07) is 75.6. The number of benzene rings is 9. The highest BCUT2D eigenvalue weighted by Gasteiger charge is 2.23. The van der Waals surface area contributed by atoms with Gasteiger partial charge >= 0.3 is 0 Å². The molecule has 0 spiro atoms. The van der Waals surface area contributed by atoms with Crippen molar-refractivity contribution in [2.75, 3.05) is 0 Å². The van der Waals surface area contributed by atoms with E-state index in [1.807, 2.05) is 0 Å². The van der Waals surface area contributed by atoms with E-state index in [9.17, 15) is 0 Å². The van der Waals surface area contributed by atoms with Gasteiger partial charge in [-0.1, -0.05) is 146 Å². The van der Waals surface area contributed by atoms with E-state index >= 15 is 0 Å². The van der Waals surface area contributed by atoms with E-state index in [0.717, 1.165) is 17.1 Å². The van der Waals surface area contributed by atoms with Gasteiger partial charge in [-0.05, 0) is 66.2 Å². The van der Waals surface area contributed by atoms with E-state index in [1.54, 1.807) is 0 Å². The van der Waals surface area contributed by atoms with Crippen LogP contribution < -0.4 is 0 Å². The van der Waals surface area contributed by atoms with Gasteiger partial charge in [0.25, 0.3) is 0 Å². The Morgan fingerprint density at radius 2 is 0.610 bits per heavy atom. The zero-order chi connectivity index (χ0) is 38.6. The van der Waals surface area contributed by atoms with E-state index in [1.165, 1.54) is 92.8 Å². The summed E-state index contributed by atoms with van der Waals surface area (Å²) in [6.07, 6.45) is 0. The van der Waals surface area contributed by atoms with Crippen LogP contribution in [0.2, 0.25) is 0 Å². The molecule has 0 radical (unpaired) electrons. The fourth-order valence-electron chi connectivity index (χ4n) is 10.2. The van der Waals surface area contributed by atoms with Crippen molar-refractivity contribution in [3.05, 3.63) is 212 Å². The number of fused-ring (bicyclic) bond motifs is 14. The lowest BCUT2D eigenvalue weighted by Gasteiger charge is -2.15. The second-order valence-electron chi connectivity index (χ2n) is 15.7. The Labute approximate surface area is 339 Å². The Morgan fingerprint density at radius 1 is 0.254 bits per heavy atom. The molecule has 9 aromatic carbocycles. The molecule has 4 heteroatoms. The molecular weight excluding hydrogens is 717 g/mol. The molecule has 0 amide bonds. The lowest BCUT2D eigenvalue weighted by Crippen LogP contribution is -2.03. The summed E-state index contributed by atoms with van der Waals surface area (Å²) in [4.78, 5) is 0. The van der Waals surface area contributed by atoms with Crippen LogP contribution in [0.5, 0.6) is 0 Å². The topological polar surface area (TPSA) is 19.7 Å². The van der Waals surface area contributed by atoms with Gasteiger partial charge in [0.15, 0.2) is 0 Å². The molecule has 13 rings (SSSR count). The van der Waals surface area contributed by atoms with E-state index in [0.29, 0.717) is 6.54 Å². The molecule has 13 aromatic rings. The number of nitrogens with zero attached hydrogens (tertiary/aromatic N) is 4. The number of rotatable bonds is 5. The predicted molar refractivity (Wildman–Crippen MR) is 248 cm³/mol. The van der Waals surface area contributed by atoms with Crippen molar-refractivity contribution in [3.63, 3.8) is 0 Å². The molecule has 0 bridgehead atoms. The fraction of sp³-hybridized carbons (Fsp3) is 0.0182.